The minimum atomic E-state index is 1.14. The fourth-order valence-corrected chi connectivity index (χ4v) is 1.38. The van der Waals surface area contributed by atoms with E-state index in [0.29, 0.717) is 0 Å². The van der Waals surface area contributed by atoms with Gasteiger partial charge in [-0.2, -0.15) is 0 Å². The van der Waals surface area contributed by atoms with E-state index in [1.165, 1.54) is 38.5 Å². The van der Waals surface area contributed by atoms with Gasteiger partial charge in [-0.05, 0) is 32.1 Å². The van der Waals surface area contributed by atoms with Crippen molar-refractivity contribution in [3.63, 3.8) is 0 Å². The largest absolute Gasteiger partial charge is 0.0882 e. The molecule has 0 amide bonds. The Morgan fingerprint density at radius 3 is 1.64 bits per heavy atom. The van der Waals surface area contributed by atoms with Crippen LogP contribution < -0.4 is 0 Å². The van der Waals surface area contributed by atoms with E-state index in [4.69, 9.17) is 0 Å². The molecule has 0 aromatic rings. The average Bonchev–Trinajstić information content (AvgIpc) is 2.08. The molecule has 0 saturated heterocycles. The lowest BCUT2D eigenvalue weighted by Crippen LogP contribution is -1.75. The van der Waals surface area contributed by atoms with E-state index in [9.17, 15) is 0 Å². The van der Waals surface area contributed by atoms with Crippen molar-refractivity contribution in [3.05, 3.63) is 24.3 Å². The molecule has 0 aliphatic heterocycles. The lowest BCUT2D eigenvalue weighted by atomic mass is 10.1. The van der Waals surface area contributed by atoms with Crippen molar-refractivity contribution in [2.75, 3.05) is 0 Å². The zero-order chi connectivity index (χ0) is 7.78. The van der Waals surface area contributed by atoms with Crippen molar-refractivity contribution >= 4 is 0 Å². The standard InChI is InChI=1S/C11H18/c1-2-4-6-8-10-11-9-7-5-3-1/h1-2,5,7H,3-4,6,8-11H2/b2-1-,7-5?. The van der Waals surface area contributed by atoms with Gasteiger partial charge in [0.05, 0.1) is 0 Å². The van der Waals surface area contributed by atoms with Gasteiger partial charge in [0, 0.05) is 0 Å². The number of hydrogen-bond donors (Lipinski definition) is 0. The lowest BCUT2D eigenvalue weighted by molar-refractivity contribution is 0.653. The molecule has 1 aliphatic rings. The maximum atomic E-state index is 2.32. The van der Waals surface area contributed by atoms with Crippen molar-refractivity contribution in [1.29, 1.82) is 0 Å². The van der Waals surface area contributed by atoms with Crippen LogP contribution >= 0.6 is 0 Å². The van der Waals surface area contributed by atoms with E-state index >= 15 is 0 Å². The summed E-state index contributed by atoms with van der Waals surface area (Å²) in [7, 11) is 0. The topological polar surface area (TPSA) is 0 Å². The highest BCUT2D eigenvalue weighted by molar-refractivity contribution is 4.93. The van der Waals surface area contributed by atoms with Gasteiger partial charge in [0.25, 0.3) is 0 Å². The fraction of sp³-hybridized carbons (Fsp3) is 0.636. The summed E-state index contributed by atoms with van der Waals surface area (Å²) in [6.45, 7) is 0. The normalized spacial score (nSPS) is 24.0. The zero-order valence-electron chi connectivity index (χ0n) is 7.26. The zero-order valence-corrected chi connectivity index (χ0v) is 7.26. The molecule has 1 rings (SSSR count). The molecule has 0 aromatic heterocycles. The van der Waals surface area contributed by atoms with E-state index < -0.39 is 0 Å². The molecule has 0 spiro atoms. The summed E-state index contributed by atoms with van der Waals surface area (Å²) in [5.74, 6) is 0. The monoisotopic (exact) mass is 150 g/mol. The first-order valence-corrected chi connectivity index (χ1v) is 4.80. The first-order valence-electron chi connectivity index (χ1n) is 4.80. The van der Waals surface area contributed by atoms with Crippen LogP contribution in [0.4, 0.5) is 0 Å². The Kier molecular flexibility index (Phi) is 4.84. The van der Waals surface area contributed by atoms with Gasteiger partial charge in [-0.15, -0.1) is 0 Å². The molecule has 0 heterocycles. The minimum Gasteiger partial charge on any atom is -0.0882 e. The van der Waals surface area contributed by atoms with Crippen LogP contribution in [0.25, 0.3) is 0 Å². The second-order valence-corrected chi connectivity index (χ2v) is 3.17. The summed E-state index contributed by atoms with van der Waals surface area (Å²) in [5.41, 5.74) is 0. The van der Waals surface area contributed by atoms with Gasteiger partial charge in [0.2, 0.25) is 0 Å². The molecule has 1 aliphatic carbocycles. The molecule has 11 heavy (non-hydrogen) atoms. The summed E-state index contributed by atoms with van der Waals surface area (Å²) in [6.07, 6.45) is 18.5. The molecule has 0 heteroatoms. The molecule has 0 unspecified atom stereocenters. The summed E-state index contributed by atoms with van der Waals surface area (Å²) in [4.78, 5) is 0. The highest BCUT2D eigenvalue weighted by Crippen LogP contribution is 2.08. The van der Waals surface area contributed by atoms with Crippen LogP contribution in [-0.2, 0) is 0 Å². The third kappa shape index (κ3) is 4.83. The first kappa shape index (κ1) is 8.58. The van der Waals surface area contributed by atoms with Gasteiger partial charge in [-0.25, -0.2) is 0 Å². The summed E-state index contributed by atoms with van der Waals surface area (Å²) in [5, 5.41) is 0. The van der Waals surface area contributed by atoms with Crippen molar-refractivity contribution < 1.29 is 0 Å². The molecule has 0 atom stereocenters. The molecule has 0 nitrogen and oxygen atoms in total. The predicted octanol–water partition coefficient (Wildman–Crippen LogP) is 3.84. The van der Waals surface area contributed by atoms with Gasteiger partial charge in [-0.3, -0.25) is 0 Å². The molecule has 0 fully saturated rings. The Morgan fingerprint density at radius 2 is 1.09 bits per heavy atom. The Bertz CT molecular complexity index is 115. The first-order chi connectivity index (χ1) is 5.50. The van der Waals surface area contributed by atoms with E-state index in [2.05, 4.69) is 24.3 Å². The van der Waals surface area contributed by atoms with E-state index in [1.807, 2.05) is 0 Å². The Labute approximate surface area is 70.0 Å². The van der Waals surface area contributed by atoms with Gasteiger partial charge in [0.15, 0.2) is 0 Å². The molecule has 0 saturated carbocycles. The third-order valence-corrected chi connectivity index (χ3v) is 2.10. The van der Waals surface area contributed by atoms with E-state index in [-0.39, 0.29) is 0 Å². The van der Waals surface area contributed by atoms with Crippen molar-refractivity contribution in [3.8, 4) is 0 Å². The van der Waals surface area contributed by atoms with Crippen LogP contribution in [0.3, 0.4) is 0 Å². The van der Waals surface area contributed by atoms with E-state index in [0.717, 1.165) is 6.42 Å². The van der Waals surface area contributed by atoms with E-state index in [1.54, 1.807) is 0 Å². The average molecular weight is 150 g/mol. The van der Waals surface area contributed by atoms with Crippen LogP contribution in [0.15, 0.2) is 24.3 Å². The van der Waals surface area contributed by atoms with Crippen LogP contribution in [0.5, 0.6) is 0 Å². The van der Waals surface area contributed by atoms with Crippen molar-refractivity contribution in [2.45, 2.75) is 44.9 Å². The van der Waals surface area contributed by atoms with Gasteiger partial charge >= 0.3 is 0 Å². The van der Waals surface area contributed by atoms with Crippen LogP contribution in [0, 0.1) is 0 Å². The lowest BCUT2D eigenvalue weighted by Gasteiger charge is -1.95. The van der Waals surface area contributed by atoms with Crippen LogP contribution in [0.2, 0.25) is 0 Å². The second-order valence-electron chi connectivity index (χ2n) is 3.17. The maximum absolute atomic E-state index is 2.32. The highest BCUT2D eigenvalue weighted by Gasteiger charge is 1.88. The smallest absolute Gasteiger partial charge is 0.0169 e. The van der Waals surface area contributed by atoms with Gasteiger partial charge in [0.1, 0.15) is 0 Å². The summed E-state index contributed by atoms with van der Waals surface area (Å²) < 4.78 is 0. The van der Waals surface area contributed by atoms with Crippen molar-refractivity contribution in [1.82, 2.24) is 0 Å². The van der Waals surface area contributed by atoms with Crippen LogP contribution in [0.1, 0.15) is 44.9 Å². The minimum absolute atomic E-state index is 1.14. The summed E-state index contributed by atoms with van der Waals surface area (Å²) in [6, 6.07) is 0. The Balaban J connectivity index is 2.22. The molecule has 62 valence electrons. The fourth-order valence-electron chi connectivity index (χ4n) is 1.38. The van der Waals surface area contributed by atoms with Crippen LogP contribution in [-0.4, -0.2) is 0 Å². The molecule has 0 aromatic carbocycles. The number of allylic oxidation sites excluding steroid dienone is 4. The predicted molar refractivity (Wildman–Crippen MR) is 50.6 cm³/mol. The Morgan fingerprint density at radius 1 is 0.545 bits per heavy atom. The maximum Gasteiger partial charge on any atom is -0.0169 e. The second kappa shape index (κ2) is 6.21. The quantitative estimate of drug-likeness (QED) is 0.460. The number of rotatable bonds is 0. The Hall–Kier alpha value is -0.520. The molecule has 0 bridgehead atoms. The van der Waals surface area contributed by atoms with Crippen molar-refractivity contribution in [2.24, 2.45) is 0 Å². The molecular weight excluding hydrogens is 132 g/mol. The molecule has 0 radical (unpaired) electrons. The third-order valence-electron chi connectivity index (χ3n) is 2.10. The SMILES string of the molecule is C1=CCCCCCC/C=C\C1. The highest BCUT2D eigenvalue weighted by atomic mass is 13.9. The van der Waals surface area contributed by atoms with Gasteiger partial charge in [-0.1, -0.05) is 37.1 Å². The molecule has 0 N–H and O–H groups in total. The van der Waals surface area contributed by atoms with Gasteiger partial charge < -0.3 is 0 Å². The number of hydrogen-bond acceptors (Lipinski definition) is 0. The molecular formula is C11H18. The summed E-state index contributed by atoms with van der Waals surface area (Å²) >= 11 is 0.